The number of hydrogen-bond donors (Lipinski definition) is 1. The van der Waals surface area contributed by atoms with Crippen molar-refractivity contribution in [1.82, 2.24) is 10.2 Å². The van der Waals surface area contributed by atoms with E-state index in [1.165, 1.54) is 16.0 Å². The summed E-state index contributed by atoms with van der Waals surface area (Å²) in [7, 11) is 0. The summed E-state index contributed by atoms with van der Waals surface area (Å²) in [5.41, 5.74) is 2.38. The molecule has 1 aromatic heterocycles. The fourth-order valence-electron chi connectivity index (χ4n) is 4.18. The lowest BCUT2D eigenvalue weighted by Gasteiger charge is -2.36. The molecule has 0 bridgehead atoms. The molecule has 4 nitrogen and oxygen atoms in total. The average Bonchev–Trinajstić information content (AvgIpc) is 3.16. The highest BCUT2D eigenvalue weighted by atomic mass is 32.1. The van der Waals surface area contributed by atoms with Gasteiger partial charge in [0.05, 0.1) is 6.04 Å². The van der Waals surface area contributed by atoms with Crippen molar-refractivity contribution in [2.24, 2.45) is 5.92 Å². The van der Waals surface area contributed by atoms with Gasteiger partial charge in [-0.1, -0.05) is 30.3 Å². The van der Waals surface area contributed by atoms with Crippen LogP contribution < -0.4 is 5.32 Å². The zero-order valence-electron chi connectivity index (χ0n) is 16.1. The van der Waals surface area contributed by atoms with Crippen LogP contribution in [0.3, 0.4) is 0 Å². The number of fused-ring (bicyclic) bond motifs is 1. The van der Waals surface area contributed by atoms with Gasteiger partial charge in [-0.15, -0.1) is 11.3 Å². The largest absolute Gasteiger partial charge is 0.355 e. The summed E-state index contributed by atoms with van der Waals surface area (Å²) < 4.78 is 25.8. The predicted octanol–water partition coefficient (Wildman–Crippen LogP) is 3.97. The smallest absolute Gasteiger partial charge is 0.249 e. The van der Waals surface area contributed by atoms with Gasteiger partial charge in [0.15, 0.2) is 0 Å². The zero-order valence-corrected chi connectivity index (χ0v) is 16.9. The minimum atomic E-state index is -2.71. The van der Waals surface area contributed by atoms with Crippen molar-refractivity contribution in [1.29, 1.82) is 0 Å². The lowest BCUT2D eigenvalue weighted by atomic mass is 9.81. The first kappa shape index (κ1) is 20.0. The van der Waals surface area contributed by atoms with Crippen molar-refractivity contribution in [3.05, 3.63) is 57.8 Å². The molecule has 1 atom stereocenters. The molecule has 2 amide bonds. The predicted molar refractivity (Wildman–Crippen MR) is 108 cm³/mol. The summed E-state index contributed by atoms with van der Waals surface area (Å²) in [4.78, 5) is 28.1. The van der Waals surface area contributed by atoms with Crippen LogP contribution in [0.15, 0.2) is 41.8 Å². The number of hydrogen-bond acceptors (Lipinski definition) is 3. The number of carbonyl (C=O) groups excluding carboxylic acids is 2. The molecule has 1 aliphatic heterocycles. The molecule has 0 saturated heterocycles. The molecule has 4 rings (SSSR count). The molecule has 1 fully saturated rings. The van der Waals surface area contributed by atoms with Crippen LogP contribution >= 0.6 is 11.3 Å². The normalized spacial score (nSPS) is 20.6. The van der Waals surface area contributed by atoms with Gasteiger partial charge in [0.2, 0.25) is 17.7 Å². The molecule has 0 spiro atoms. The minimum Gasteiger partial charge on any atom is -0.355 e. The molecule has 1 unspecified atom stereocenters. The van der Waals surface area contributed by atoms with E-state index in [2.05, 4.69) is 28.9 Å². The Morgan fingerprint density at radius 3 is 2.66 bits per heavy atom. The number of carbonyl (C=O) groups is 2. The van der Waals surface area contributed by atoms with Crippen LogP contribution in [0.1, 0.15) is 41.3 Å². The molecule has 2 heterocycles. The number of nitrogens with one attached hydrogen (secondary N) is 1. The molecular formula is C22H24F2N2O2S. The molecule has 0 radical (unpaired) electrons. The summed E-state index contributed by atoms with van der Waals surface area (Å²) in [6, 6.07) is 12.2. The van der Waals surface area contributed by atoms with Crippen molar-refractivity contribution in [3.63, 3.8) is 0 Å². The Morgan fingerprint density at radius 2 is 1.93 bits per heavy atom. The number of rotatable bonds is 6. The Bertz CT molecular complexity index is 876. The Balaban J connectivity index is 1.37. The lowest BCUT2D eigenvalue weighted by Crippen LogP contribution is -2.46. The quantitative estimate of drug-likeness (QED) is 0.772. The van der Waals surface area contributed by atoms with Gasteiger partial charge in [-0.05, 0) is 35.4 Å². The van der Waals surface area contributed by atoms with Crippen LogP contribution in [0, 0.1) is 5.92 Å². The standard InChI is InChI=1S/C22H24F2N2O2S/c23-22(24)13-16(14-22)21(28)25-9-6-20(27)26-10-7-19-17(8-11-29-19)18(26)12-15-4-2-1-3-5-15/h1-5,8,11,16,18H,6-7,9-10,12-14H2,(H,25,28). The van der Waals surface area contributed by atoms with E-state index in [9.17, 15) is 18.4 Å². The van der Waals surface area contributed by atoms with Gasteiger partial charge in [-0.3, -0.25) is 9.59 Å². The summed E-state index contributed by atoms with van der Waals surface area (Å²) in [6.07, 6.45) is 0.991. The molecule has 7 heteroatoms. The van der Waals surface area contributed by atoms with Gasteiger partial charge in [0.25, 0.3) is 0 Å². The first-order chi connectivity index (χ1) is 13.9. The van der Waals surface area contributed by atoms with Crippen LogP contribution in [0.25, 0.3) is 0 Å². The summed E-state index contributed by atoms with van der Waals surface area (Å²) in [6.45, 7) is 0.845. The second-order valence-corrected chi connectivity index (χ2v) is 8.84. The monoisotopic (exact) mass is 418 g/mol. The molecule has 2 aromatic rings. The Morgan fingerprint density at radius 1 is 1.17 bits per heavy atom. The van der Waals surface area contributed by atoms with Gasteiger partial charge >= 0.3 is 0 Å². The first-order valence-electron chi connectivity index (χ1n) is 9.98. The maximum atomic E-state index is 12.9. The van der Waals surface area contributed by atoms with Crippen LogP contribution in [0.5, 0.6) is 0 Å². The van der Waals surface area contributed by atoms with E-state index in [1.54, 1.807) is 11.3 Å². The number of thiophene rings is 1. The van der Waals surface area contributed by atoms with Gasteiger partial charge in [0.1, 0.15) is 0 Å². The summed E-state index contributed by atoms with van der Waals surface area (Å²) in [5.74, 6) is -3.73. The minimum absolute atomic E-state index is 0.0120. The highest BCUT2D eigenvalue weighted by Crippen LogP contribution is 2.42. The average molecular weight is 419 g/mol. The van der Waals surface area contributed by atoms with Gasteiger partial charge in [-0.2, -0.15) is 0 Å². The Labute approximate surface area is 172 Å². The number of amides is 2. The van der Waals surface area contributed by atoms with Crippen LogP contribution in [-0.2, 0) is 22.4 Å². The van der Waals surface area contributed by atoms with Gasteiger partial charge in [-0.25, -0.2) is 8.78 Å². The topological polar surface area (TPSA) is 49.4 Å². The lowest BCUT2D eigenvalue weighted by molar-refractivity contribution is -0.150. The third-order valence-electron chi connectivity index (χ3n) is 5.79. The van der Waals surface area contributed by atoms with E-state index >= 15 is 0 Å². The molecule has 1 saturated carbocycles. The fraction of sp³-hybridized carbons (Fsp3) is 0.455. The Hall–Kier alpha value is -2.28. The summed E-state index contributed by atoms with van der Waals surface area (Å²) in [5, 5.41) is 4.73. The van der Waals surface area contributed by atoms with Crippen molar-refractivity contribution in [2.75, 3.05) is 13.1 Å². The van der Waals surface area contributed by atoms with Crippen molar-refractivity contribution in [2.45, 2.75) is 44.1 Å². The van der Waals surface area contributed by atoms with Crippen LogP contribution in [-0.4, -0.2) is 35.7 Å². The van der Waals surface area contributed by atoms with E-state index < -0.39 is 11.8 Å². The first-order valence-corrected chi connectivity index (χ1v) is 10.9. The van der Waals surface area contributed by atoms with Crippen molar-refractivity contribution in [3.8, 4) is 0 Å². The van der Waals surface area contributed by atoms with E-state index in [4.69, 9.17) is 0 Å². The van der Waals surface area contributed by atoms with E-state index in [0.29, 0.717) is 6.54 Å². The highest BCUT2D eigenvalue weighted by Gasteiger charge is 2.48. The number of nitrogens with zero attached hydrogens (tertiary/aromatic N) is 1. The van der Waals surface area contributed by atoms with E-state index in [1.807, 2.05) is 23.1 Å². The number of halogens is 2. The van der Waals surface area contributed by atoms with E-state index in [0.717, 1.165) is 12.8 Å². The number of benzene rings is 1. The fourth-order valence-corrected chi connectivity index (χ4v) is 5.11. The van der Waals surface area contributed by atoms with Crippen LogP contribution in [0.4, 0.5) is 8.78 Å². The maximum absolute atomic E-state index is 12.9. The molecule has 1 N–H and O–H groups in total. The second-order valence-electron chi connectivity index (χ2n) is 7.84. The SMILES string of the molecule is O=C(NCCC(=O)N1CCc2sccc2C1Cc1ccccc1)C1CC(F)(F)C1. The molecule has 1 aliphatic carbocycles. The van der Waals surface area contributed by atoms with Crippen molar-refractivity contribution < 1.29 is 18.4 Å². The zero-order chi connectivity index (χ0) is 20.4. The molecule has 1 aromatic carbocycles. The highest BCUT2D eigenvalue weighted by molar-refractivity contribution is 7.10. The van der Waals surface area contributed by atoms with Crippen LogP contribution in [0.2, 0.25) is 0 Å². The molecule has 2 aliphatic rings. The molecular weight excluding hydrogens is 394 g/mol. The van der Waals surface area contributed by atoms with Gasteiger partial charge in [0, 0.05) is 43.1 Å². The second kappa shape index (κ2) is 8.22. The molecule has 29 heavy (non-hydrogen) atoms. The summed E-state index contributed by atoms with van der Waals surface area (Å²) >= 11 is 1.73. The third-order valence-corrected chi connectivity index (χ3v) is 6.78. The number of alkyl halides is 2. The maximum Gasteiger partial charge on any atom is 0.249 e. The molecule has 154 valence electrons. The van der Waals surface area contributed by atoms with E-state index in [-0.39, 0.29) is 43.7 Å². The Kier molecular flexibility index (Phi) is 5.67. The van der Waals surface area contributed by atoms with Gasteiger partial charge < -0.3 is 10.2 Å². The van der Waals surface area contributed by atoms with Crippen molar-refractivity contribution >= 4 is 23.2 Å². The third kappa shape index (κ3) is 4.50.